The molecule has 0 bridgehead atoms. The van der Waals surface area contributed by atoms with Gasteiger partial charge in [-0.3, -0.25) is 9.69 Å². The molecule has 5 nitrogen and oxygen atoms in total. The summed E-state index contributed by atoms with van der Waals surface area (Å²) >= 11 is 0. The van der Waals surface area contributed by atoms with Gasteiger partial charge in [0, 0.05) is 25.7 Å². The number of amides is 1. The first-order valence-electron chi connectivity index (χ1n) is 8.61. The molecule has 21 heavy (non-hydrogen) atoms. The first-order chi connectivity index (χ1) is 10.3. The summed E-state index contributed by atoms with van der Waals surface area (Å²) in [6, 6.07) is 0.573. The minimum atomic E-state index is 0.263. The zero-order valence-electron chi connectivity index (χ0n) is 13.3. The maximum atomic E-state index is 12.5. The van der Waals surface area contributed by atoms with Gasteiger partial charge in [0.15, 0.2) is 0 Å². The number of nitrogens with zero attached hydrogens (tertiary/aromatic N) is 2. The van der Waals surface area contributed by atoms with Crippen LogP contribution in [0.5, 0.6) is 0 Å². The van der Waals surface area contributed by atoms with E-state index < -0.39 is 0 Å². The lowest BCUT2D eigenvalue weighted by molar-refractivity contribution is -0.137. The fourth-order valence-corrected chi connectivity index (χ4v) is 3.39. The smallest absolute Gasteiger partial charge is 0.236 e. The molecule has 0 spiro atoms. The zero-order valence-corrected chi connectivity index (χ0v) is 13.3. The molecule has 1 aliphatic heterocycles. The van der Waals surface area contributed by atoms with Crippen LogP contribution in [0.3, 0.4) is 0 Å². The summed E-state index contributed by atoms with van der Waals surface area (Å²) in [5, 5.41) is 0. The van der Waals surface area contributed by atoms with Crippen molar-refractivity contribution in [3.05, 3.63) is 0 Å². The van der Waals surface area contributed by atoms with Gasteiger partial charge in [-0.05, 0) is 25.8 Å². The fraction of sp³-hybridized carbons (Fsp3) is 0.938. The highest BCUT2D eigenvalue weighted by Crippen LogP contribution is 2.22. The first-order valence-corrected chi connectivity index (χ1v) is 8.61. The molecule has 5 heteroatoms. The van der Waals surface area contributed by atoms with E-state index in [1.165, 1.54) is 38.5 Å². The lowest BCUT2D eigenvalue weighted by Crippen LogP contribution is -2.48. The van der Waals surface area contributed by atoms with Gasteiger partial charge >= 0.3 is 0 Å². The lowest BCUT2D eigenvalue weighted by Gasteiger charge is -2.34. The van der Waals surface area contributed by atoms with Crippen molar-refractivity contribution in [3.8, 4) is 0 Å². The van der Waals surface area contributed by atoms with Crippen LogP contribution in [0, 0.1) is 0 Å². The van der Waals surface area contributed by atoms with Gasteiger partial charge in [-0.1, -0.05) is 25.7 Å². The molecule has 122 valence electrons. The third-order valence-corrected chi connectivity index (χ3v) is 4.69. The minimum Gasteiger partial charge on any atom is -0.378 e. The van der Waals surface area contributed by atoms with Gasteiger partial charge in [0.05, 0.1) is 19.8 Å². The molecular weight excluding hydrogens is 266 g/mol. The molecule has 1 saturated heterocycles. The fourth-order valence-electron chi connectivity index (χ4n) is 3.39. The number of nitrogens with two attached hydrogens (primary N) is 1. The van der Waals surface area contributed by atoms with Crippen LogP contribution in [-0.2, 0) is 9.53 Å². The topological polar surface area (TPSA) is 58.8 Å². The second-order valence-corrected chi connectivity index (χ2v) is 6.25. The van der Waals surface area contributed by atoms with E-state index in [9.17, 15) is 4.79 Å². The van der Waals surface area contributed by atoms with Crippen LogP contribution in [0.15, 0.2) is 0 Å². The van der Waals surface area contributed by atoms with Crippen LogP contribution in [0.1, 0.15) is 44.9 Å². The standard InChI is InChI=1S/C16H31N3O2/c17-8-5-9-19(15-6-3-1-2-4-7-15)14-16(20)18-10-12-21-13-11-18/h15H,1-14,17H2. The molecule has 2 rings (SSSR count). The predicted molar refractivity (Wildman–Crippen MR) is 84.1 cm³/mol. The second kappa shape index (κ2) is 9.38. The Morgan fingerprint density at radius 2 is 1.81 bits per heavy atom. The molecule has 0 atom stereocenters. The number of rotatable bonds is 6. The summed E-state index contributed by atoms with van der Waals surface area (Å²) in [6.45, 7) is 5.06. The SMILES string of the molecule is NCCCN(CC(=O)N1CCOCC1)C1CCCCCC1. The Hall–Kier alpha value is -0.650. The number of hydrogen-bond acceptors (Lipinski definition) is 4. The van der Waals surface area contributed by atoms with Crippen molar-refractivity contribution in [2.45, 2.75) is 51.0 Å². The van der Waals surface area contributed by atoms with E-state index in [1.807, 2.05) is 4.90 Å². The zero-order chi connectivity index (χ0) is 14.9. The molecule has 2 fully saturated rings. The molecule has 0 aromatic rings. The number of carbonyl (C=O) groups excluding carboxylic acids is 1. The molecule has 1 heterocycles. The summed E-state index contributed by atoms with van der Waals surface area (Å²) < 4.78 is 5.33. The van der Waals surface area contributed by atoms with Gasteiger partial charge in [-0.2, -0.15) is 0 Å². The number of morpholine rings is 1. The van der Waals surface area contributed by atoms with Crippen molar-refractivity contribution in [3.63, 3.8) is 0 Å². The molecule has 1 amide bonds. The van der Waals surface area contributed by atoms with Crippen molar-refractivity contribution in [2.24, 2.45) is 5.73 Å². The Kier molecular flexibility index (Phi) is 7.47. The van der Waals surface area contributed by atoms with E-state index in [2.05, 4.69) is 4.90 Å². The highest BCUT2D eigenvalue weighted by molar-refractivity contribution is 5.78. The Balaban J connectivity index is 1.89. The van der Waals surface area contributed by atoms with Crippen LogP contribution >= 0.6 is 0 Å². The minimum absolute atomic E-state index is 0.263. The summed E-state index contributed by atoms with van der Waals surface area (Å²) in [4.78, 5) is 16.9. The summed E-state index contributed by atoms with van der Waals surface area (Å²) in [5.41, 5.74) is 5.67. The monoisotopic (exact) mass is 297 g/mol. The predicted octanol–water partition coefficient (Wildman–Crippen LogP) is 1.22. The van der Waals surface area contributed by atoms with Gasteiger partial charge < -0.3 is 15.4 Å². The maximum absolute atomic E-state index is 12.5. The highest BCUT2D eigenvalue weighted by Gasteiger charge is 2.24. The van der Waals surface area contributed by atoms with Crippen molar-refractivity contribution in [2.75, 3.05) is 45.9 Å². The summed E-state index contributed by atoms with van der Waals surface area (Å²) in [5.74, 6) is 0.263. The van der Waals surface area contributed by atoms with Crippen molar-refractivity contribution in [1.29, 1.82) is 0 Å². The molecule has 0 aromatic heterocycles. The molecule has 2 aliphatic rings. The molecule has 0 aromatic carbocycles. The van der Waals surface area contributed by atoms with Crippen LogP contribution in [0.2, 0.25) is 0 Å². The average molecular weight is 297 g/mol. The van der Waals surface area contributed by atoms with Gasteiger partial charge in [0.1, 0.15) is 0 Å². The number of carbonyl (C=O) groups is 1. The van der Waals surface area contributed by atoms with Crippen molar-refractivity contribution in [1.82, 2.24) is 9.80 Å². The van der Waals surface area contributed by atoms with E-state index in [1.54, 1.807) is 0 Å². The Labute approximate surface area is 128 Å². The van der Waals surface area contributed by atoms with Crippen LogP contribution in [0.25, 0.3) is 0 Å². The van der Waals surface area contributed by atoms with Crippen molar-refractivity contribution < 1.29 is 9.53 Å². The van der Waals surface area contributed by atoms with E-state index in [4.69, 9.17) is 10.5 Å². The van der Waals surface area contributed by atoms with Gasteiger partial charge in [0.25, 0.3) is 0 Å². The van der Waals surface area contributed by atoms with Gasteiger partial charge in [0.2, 0.25) is 5.91 Å². The highest BCUT2D eigenvalue weighted by atomic mass is 16.5. The van der Waals surface area contributed by atoms with E-state index >= 15 is 0 Å². The van der Waals surface area contributed by atoms with E-state index in [-0.39, 0.29) is 5.91 Å². The Bertz CT molecular complexity index is 298. The molecule has 0 unspecified atom stereocenters. The van der Waals surface area contributed by atoms with Crippen molar-refractivity contribution >= 4 is 5.91 Å². The van der Waals surface area contributed by atoms with E-state index in [0.29, 0.717) is 32.3 Å². The molecule has 1 saturated carbocycles. The summed E-state index contributed by atoms with van der Waals surface area (Å²) in [6.07, 6.45) is 8.75. The normalized spacial score (nSPS) is 21.5. The number of ether oxygens (including phenoxy) is 1. The Morgan fingerprint density at radius 1 is 1.14 bits per heavy atom. The first kappa shape index (κ1) is 16.7. The number of hydrogen-bond donors (Lipinski definition) is 1. The average Bonchev–Trinajstić information content (AvgIpc) is 2.81. The quantitative estimate of drug-likeness (QED) is 0.749. The molecule has 2 N–H and O–H groups in total. The van der Waals surface area contributed by atoms with Gasteiger partial charge in [-0.15, -0.1) is 0 Å². The lowest BCUT2D eigenvalue weighted by atomic mass is 10.1. The van der Waals surface area contributed by atoms with E-state index in [0.717, 1.165) is 26.1 Å². The molecule has 0 radical (unpaired) electrons. The summed E-state index contributed by atoms with van der Waals surface area (Å²) in [7, 11) is 0. The largest absolute Gasteiger partial charge is 0.378 e. The van der Waals surface area contributed by atoms with Crippen LogP contribution in [-0.4, -0.2) is 67.7 Å². The van der Waals surface area contributed by atoms with Crippen LogP contribution in [0.4, 0.5) is 0 Å². The Morgan fingerprint density at radius 3 is 2.43 bits per heavy atom. The third kappa shape index (κ3) is 5.57. The molecule has 1 aliphatic carbocycles. The molecular formula is C16H31N3O2. The van der Waals surface area contributed by atoms with Crippen LogP contribution < -0.4 is 5.73 Å². The second-order valence-electron chi connectivity index (χ2n) is 6.25. The van der Waals surface area contributed by atoms with Gasteiger partial charge in [-0.25, -0.2) is 0 Å². The maximum Gasteiger partial charge on any atom is 0.236 e. The third-order valence-electron chi connectivity index (χ3n) is 4.69.